The molecule has 1 saturated heterocycles. The van der Waals surface area contributed by atoms with Gasteiger partial charge in [0.05, 0.1) is 6.21 Å². The van der Waals surface area contributed by atoms with Crippen LogP contribution in [0.25, 0.3) is 0 Å². The van der Waals surface area contributed by atoms with Gasteiger partial charge in [-0.2, -0.15) is 5.10 Å². The molecule has 1 fully saturated rings. The first-order valence-electron chi connectivity index (χ1n) is 7.60. The van der Waals surface area contributed by atoms with Crippen molar-refractivity contribution in [2.24, 2.45) is 5.10 Å². The number of hydrogen-bond acceptors (Lipinski definition) is 3. The van der Waals surface area contributed by atoms with E-state index in [9.17, 15) is 0 Å². The fourth-order valence-corrected chi connectivity index (χ4v) is 2.79. The van der Waals surface area contributed by atoms with Crippen LogP contribution in [0.5, 0.6) is 0 Å². The van der Waals surface area contributed by atoms with E-state index >= 15 is 0 Å². The van der Waals surface area contributed by atoms with E-state index in [-0.39, 0.29) is 0 Å². The van der Waals surface area contributed by atoms with E-state index in [2.05, 4.69) is 45.3 Å². The van der Waals surface area contributed by atoms with Gasteiger partial charge in [-0.1, -0.05) is 54.1 Å². The second kappa shape index (κ2) is 7.43. The zero-order chi connectivity index (χ0) is 15.2. The molecule has 114 valence electrons. The third kappa shape index (κ3) is 4.33. The van der Waals surface area contributed by atoms with Gasteiger partial charge in [-0.25, -0.2) is 0 Å². The fourth-order valence-electron chi connectivity index (χ4n) is 2.59. The standard InChI is InChI=1S/C18H20ClN3/c19-18-8-4-7-17(13-18)14-20-22-11-9-21(10-12-22)15-16-5-2-1-3-6-16/h1-8,13-14H,9-12,15H2/b20-14-. The Bertz CT molecular complexity index is 619. The number of rotatable bonds is 4. The number of hydrazone groups is 1. The summed E-state index contributed by atoms with van der Waals surface area (Å²) in [6, 6.07) is 18.4. The predicted molar refractivity (Wildman–Crippen MR) is 92.3 cm³/mol. The van der Waals surface area contributed by atoms with Crippen LogP contribution in [0, 0.1) is 0 Å². The Morgan fingerprint density at radius 2 is 1.73 bits per heavy atom. The molecular weight excluding hydrogens is 294 g/mol. The zero-order valence-corrected chi connectivity index (χ0v) is 13.3. The van der Waals surface area contributed by atoms with Crippen LogP contribution in [-0.4, -0.2) is 42.3 Å². The monoisotopic (exact) mass is 313 g/mol. The summed E-state index contributed by atoms with van der Waals surface area (Å²) in [7, 11) is 0. The molecule has 3 rings (SSSR count). The molecule has 0 aromatic heterocycles. The van der Waals surface area contributed by atoms with E-state index in [0.29, 0.717) is 0 Å². The molecular formula is C18H20ClN3. The van der Waals surface area contributed by atoms with E-state index in [0.717, 1.165) is 43.3 Å². The van der Waals surface area contributed by atoms with Crippen LogP contribution >= 0.6 is 11.6 Å². The van der Waals surface area contributed by atoms with Gasteiger partial charge in [-0.3, -0.25) is 9.91 Å². The maximum absolute atomic E-state index is 5.98. The molecule has 1 heterocycles. The number of nitrogens with zero attached hydrogens (tertiary/aromatic N) is 3. The van der Waals surface area contributed by atoms with Crippen LogP contribution in [0.1, 0.15) is 11.1 Å². The highest BCUT2D eigenvalue weighted by Crippen LogP contribution is 2.11. The molecule has 0 atom stereocenters. The molecule has 2 aromatic carbocycles. The van der Waals surface area contributed by atoms with Crippen molar-refractivity contribution in [2.45, 2.75) is 6.54 Å². The highest BCUT2D eigenvalue weighted by Gasteiger charge is 2.15. The maximum Gasteiger partial charge on any atom is 0.0543 e. The molecule has 3 nitrogen and oxygen atoms in total. The van der Waals surface area contributed by atoms with Crippen molar-refractivity contribution in [3.05, 3.63) is 70.7 Å². The zero-order valence-electron chi connectivity index (χ0n) is 12.5. The summed E-state index contributed by atoms with van der Waals surface area (Å²) in [5.74, 6) is 0. The lowest BCUT2D eigenvalue weighted by Crippen LogP contribution is -2.43. The summed E-state index contributed by atoms with van der Waals surface area (Å²) in [6.45, 7) is 5.03. The Kier molecular flexibility index (Phi) is 5.09. The third-order valence-corrected chi connectivity index (χ3v) is 4.05. The predicted octanol–water partition coefficient (Wildman–Crippen LogP) is 3.49. The molecule has 1 aliphatic heterocycles. The summed E-state index contributed by atoms with van der Waals surface area (Å²) in [5.41, 5.74) is 2.41. The molecule has 22 heavy (non-hydrogen) atoms. The lowest BCUT2D eigenvalue weighted by molar-refractivity contribution is 0.131. The summed E-state index contributed by atoms with van der Waals surface area (Å²) < 4.78 is 0. The first-order valence-corrected chi connectivity index (χ1v) is 7.98. The molecule has 4 heteroatoms. The number of piperazine rings is 1. The molecule has 0 saturated carbocycles. The van der Waals surface area contributed by atoms with Crippen molar-refractivity contribution in [3.63, 3.8) is 0 Å². The molecule has 0 spiro atoms. The topological polar surface area (TPSA) is 18.8 Å². The molecule has 0 bridgehead atoms. The van der Waals surface area contributed by atoms with Gasteiger partial charge in [0.2, 0.25) is 0 Å². The fraction of sp³-hybridized carbons (Fsp3) is 0.278. The Labute approximate surface area is 136 Å². The summed E-state index contributed by atoms with van der Waals surface area (Å²) in [5, 5.41) is 7.43. The van der Waals surface area contributed by atoms with Gasteiger partial charge in [0, 0.05) is 37.7 Å². The molecule has 0 radical (unpaired) electrons. The minimum absolute atomic E-state index is 0.747. The summed E-state index contributed by atoms with van der Waals surface area (Å²) in [6.07, 6.45) is 1.89. The molecule has 1 aliphatic rings. The van der Waals surface area contributed by atoms with E-state index in [4.69, 9.17) is 11.6 Å². The van der Waals surface area contributed by atoms with Gasteiger partial charge in [-0.15, -0.1) is 0 Å². The Morgan fingerprint density at radius 1 is 0.955 bits per heavy atom. The van der Waals surface area contributed by atoms with Gasteiger partial charge in [-0.05, 0) is 23.3 Å². The van der Waals surface area contributed by atoms with E-state index in [1.165, 1.54) is 5.56 Å². The SMILES string of the molecule is Clc1cccc(/C=N\N2CCN(Cc3ccccc3)CC2)c1. The maximum atomic E-state index is 5.98. The van der Waals surface area contributed by atoms with Crippen molar-refractivity contribution >= 4 is 17.8 Å². The van der Waals surface area contributed by atoms with E-state index < -0.39 is 0 Å². The van der Waals surface area contributed by atoms with Crippen molar-refractivity contribution in [1.82, 2.24) is 9.91 Å². The van der Waals surface area contributed by atoms with Crippen LogP contribution in [0.4, 0.5) is 0 Å². The van der Waals surface area contributed by atoms with Crippen LogP contribution < -0.4 is 0 Å². The lowest BCUT2D eigenvalue weighted by Gasteiger charge is -2.33. The van der Waals surface area contributed by atoms with Crippen LogP contribution in [-0.2, 0) is 6.54 Å². The number of halogens is 1. The normalized spacial score (nSPS) is 16.3. The minimum atomic E-state index is 0.747. The Balaban J connectivity index is 1.49. The quantitative estimate of drug-likeness (QED) is 0.805. The summed E-state index contributed by atoms with van der Waals surface area (Å²) in [4.78, 5) is 2.47. The largest absolute Gasteiger partial charge is 0.295 e. The van der Waals surface area contributed by atoms with E-state index in [1.54, 1.807) is 0 Å². The first kappa shape index (κ1) is 15.1. The molecule has 0 aliphatic carbocycles. The van der Waals surface area contributed by atoms with Crippen molar-refractivity contribution in [1.29, 1.82) is 0 Å². The molecule has 0 amide bonds. The second-order valence-corrected chi connectivity index (χ2v) is 5.95. The van der Waals surface area contributed by atoms with Crippen LogP contribution in [0.3, 0.4) is 0 Å². The number of benzene rings is 2. The van der Waals surface area contributed by atoms with Crippen LogP contribution in [0.2, 0.25) is 5.02 Å². The summed E-state index contributed by atoms with van der Waals surface area (Å²) >= 11 is 5.98. The van der Waals surface area contributed by atoms with Crippen molar-refractivity contribution in [2.75, 3.05) is 26.2 Å². The molecule has 2 aromatic rings. The van der Waals surface area contributed by atoms with Gasteiger partial charge in [0.15, 0.2) is 0 Å². The second-order valence-electron chi connectivity index (χ2n) is 5.51. The van der Waals surface area contributed by atoms with Gasteiger partial charge < -0.3 is 0 Å². The first-order chi connectivity index (χ1) is 10.8. The van der Waals surface area contributed by atoms with E-state index in [1.807, 2.05) is 30.5 Å². The average Bonchev–Trinajstić information content (AvgIpc) is 2.55. The Hall–Kier alpha value is -1.84. The highest BCUT2D eigenvalue weighted by molar-refractivity contribution is 6.30. The number of hydrogen-bond donors (Lipinski definition) is 0. The minimum Gasteiger partial charge on any atom is -0.295 e. The third-order valence-electron chi connectivity index (χ3n) is 3.82. The molecule has 0 N–H and O–H groups in total. The molecule has 0 unspecified atom stereocenters. The van der Waals surface area contributed by atoms with Gasteiger partial charge >= 0.3 is 0 Å². The highest BCUT2D eigenvalue weighted by atomic mass is 35.5. The van der Waals surface area contributed by atoms with Gasteiger partial charge in [0.1, 0.15) is 0 Å². The lowest BCUT2D eigenvalue weighted by atomic mass is 10.2. The van der Waals surface area contributed by atoms with Crippen molar-refractivity contribution in [3.8, 4) is 0 Å². The Morgan fingerprint density at radius 3 is 2.45 bits per heavy atom. The average molecular weight is 314 g/mol. The van der Waals surface area contributed by atoms with Crippen molar-refractivity contribution < 1.29 is 0 Å². The van der Waals surface area contributed by atoms with Crippen LogP contribution in [0.15, 0.2) is 59.7 Å². The van der Waals surface area contributed by atoms with Gasteiger partial charge in [0.25, 0.3) is 0 Å². The smallest absolute Gasteiger partial charge is 0.0543 e.